The van der Waals surface area contributed by atoms with E-state index < -0.39 is 40.8 Å². The quantitative estimate of drug-likeness (QED) is 0.379. The molecular formula is C26H21F2NO7S. The van der Waals surface area contributed by atoms with Crippen LogP contribution in [0.1, 0.15) is 22.8 Å². The molecule has 11 heteroatoms. The molecule has 0 bridgehead atoms. The van der Waals surface area contributed by atoms with Gasteiger partial charge in [-0.25, -0.2) is 23.2 Å². The van der Waals surface area contributed by atoms with Gasteiger partial charge in [0.15, 0.2) is 0 Å². The highest BCUT2D eigenvalue weighted by molar-refractivity contribution is 8.13. The number of esters is 1. The van der Waals surface area contributed by atoms with Crippen LogP contribution in [-0.2, 0) is 20.9 Å². The van der Waals surface area contributed by atoms with Crippen molar-refractivity contribution in [1.82, 2.24) is 5.32 Å². The Morgan fingerprint density at radius 3 is 2.38 bits per heavy atom. The lowest BCUT2D eigenvalue weighted by Crippen LogP contribution is -2.41. The number of aliphatic carboxylic acids is 1. The fourth-order valence-corrected chi connectivity index (χ4v) is 3.84. The second kappa shape index (κ2) is 12.6. The Hall–Kier alpha value is -4.25. The Balaban J connectivity index is 1.84. The van der Waals surface area contributed by atoms with Crippen molar-refractivity contribution in [1.29, 1.82) is 0 Å². The Labute approximate surface area is 214 Å². The first-order valence-electron chi connectivity index (χ1n) is 10.8. The number of ether oxygens (including phenoxy) is 2. The van der Waals surface area contributed by atoms with Gasteiger partial charge >= 0.3 is 17.2 Å². The number of thioether (sulfide) groups is 1. The summed E-state index contributed by atoms with van der Waals surface area (Å²) in [5.41, 5.74) is 0.699. The topological polar surface area (TPSA) is 119 Å². The molecule has 0 spiro atoms. The van der Waals surface area contributed by atoms with Gasteiger partial charge in [0, 0.05) is 24.3 Å². The van der Waals surface area contributed by atoms with Crippen LogP contribution in [0.2, 0.25) is 0 Å². The molecule has 37 heavy (non-hydrogen) atoms. The first-order chi connectivity index (χ1) is 17.6. The van der Waals surface area contributed by atoms with E-state index in [2.05, 4.69) is 5.32 Å². The number of carbonyl (C=O) groups excluding carboxylic acids is 3. The molecule has 0 aliphatic rings. The average molecular weight is 530 g/mol. The molecule has 1 unspecified atom stereocenters. The first-order valence-corrected chi connectivity index (χ1v) is 11.8. The van der Waals surface area contributed by atoms with E-state index in [1.807, 2.05) is 0 Å². The molecule has 1 atom stereocenters. The number of rotatable bonds is 9. The molecule has 0 aliphatic heterocycles. The molecule has 0 saturated carbocycles. The zero-order valence-corrected chi connectivity index (χ0v) is 20.2. The number of hydrogen-bond donors (Lipinski definition) is 2. The maximum absolute atomic E-state index is 14.4. The summed E-state index contributed by atoms with van der Waals surface area (Å²) in [6.07, 6.45) is 0. The third kappa shape index (κ3) is 7.87. The highest BCUT2D eigenvalue weighted by Gasteiger charge is 2.23. The third-order valence-electron chi connectivity index (χ3n) is 4.89. The predicted octanol–water partition coefficient (Wildman–Crippen LogP) is 4.81. The second-order valence-corrected chi connectivity index (χ2v) is 8.61. The van der Waals surface area contributed by atoms with E-state index in [4.69, 9.17) is 9.47 Å². The van der Waals surface area contributed by atoms with E-state index in [-0.39, 0.29) is 34.8 Å². The van der Waals surface area contributed by atoms with Crippen LogP contribution in [-0.4, -0.2) is 40.0 Å². The first kappa shape index (κ1) is 27.3. The molecule has 3 rings (SSSR count). The van der Waals surface area contributed by atoms with Gasteiger partial charge in [-0.15, -0.1) is 0 Å². The van der Waals surface area contributed by atoms with Crippen LogP contribution in [0.4, 0.5) is 13.6 Å². The summed E-state index contributed by atoms with van der Waals surface area (Å²) in [6.45, 7) is 1.05. The number of amides is 1. The van der Waals surface area contributed by atoms with E-state index in [1.54, 1.807) is 30.3 Å². The number of halogens is 2. The summed E-state index contributed by atoms with van der Waals surface area (Å²) in [4.78, 5) is 47.8. The van der Waals surface area contributed by atoms with Gasteiger partial charge in [-0.3, -0.25) is 4.79 Å². The van der Waals surface area contributed by atoms with Crippen molar-refractivity contribution in [2.45, 2.75) is 19.6 Å². The lowest BCUT2D eigenvalue weighted by atomic mass is 10.0. The minimum absolute atomic E-state index is 0.00497. The number of carboxylic acid groups (broad SMARTS) is 1. The largest absolute Gasteiger partial charge is 0.480 e. The number of nitrogens with one attached hydrogen (secondary N) is 1. The molecule has 0 aliphatic carbocycles. The predicted molar refractivity (Wildman–Crippen MR) is 131 cm³/mol. The smallest absolute Gasteiger partial charge is 0.372 e. The lowest BCUT2D eigenvalue weighted by molar-refractivity contribution is -0.140. The molecule has 192 valence electrons. The van der Waals surface area contributed by atoms with Crippen molar-refractivity contribution < 1.29 is 42.5 Å². The number of carboxylic acids is 1. The van der Waals surface area contributed by atoms with Crippen LogP contribution < -0.4 is 10.1 Å². The Bertz CT molecular complexity index is 1320. The van der Waals surface area contributed by atoms with Crippen LogP contribution in [0.5, 0.6) is 5.75 Å². The van der Waals surface area contributed by atoms with Crippen molar-refractivity contribution in [3.63, 3.8) is 0 Å². The van der Waals surface area contributed by atoms with Crippen LogP contribution in [0, 0.1) is 11.6 Å². The number of carbonyl (C=O) groups is 4. The minimum Gasteiger partial charge on any atom is -0.480 e. The number of benzene rings is 3. The van der Waals surface area contributed by atoms with E-state index in [0.717, 1.165) is 13.0 Å². The van der Waals surface area contributed by atoms with Crippen LogP contribution in [0.25, 0.3) is 11.1 Å². The molecule has 3 aromatic carbocycles. The summed E-state index contributed by atoms with van der Waals surface area (Å²) in [5.74, 6) is -4.98. The van der Waals surface area contributed by atoms with Gasteiger partial charge in [-0.1, -0.05) is 36.4 Å². The summed E-state index contributed by atoms with van der Waals surface area (Å²) in [5, 5.41) is 10.4. The summed E-state index contributed by atoms with van der Waals surface area (Å²) < 4.78 is 38.3. The van der Waals surface area contributed by atoms with Crippen LogP contribution in [0.3, 0.4) is 0 Å². The van der Waals surface area contributed by atoms with Crippen LogP contribution >= 0.6 is 11.8 Å². The summed E-state index contributed by atoms with van der Waals surface area (Å²) >= 11 is 0.474. The van der Waals surface area contributed by atoms with Crippen molar-refractivity contribution in [2.24, 2.45) is 0 Å². The van der Waals surface area contributed by atoms with Crippen LogP contribution in [0.15, 0.2) is 66.7 Å². The van der Waals surface area contributed by atoms with Gasteiger partial charge in [0.05, 0.1) is 0 Å². The van der Waals surface area contributed by atoms with Crippen molar-refractivity contribution in [2.75, 3.05) is 5.75 Å². The minimum atomic E-state index is -1.34. The Kier molecular flexibility index (Phi) is 9.33. The van der Waals surface area contributed by atoms with Gasteiger partial charge < -0.3 is 19.9 Å². The average Bonchev–Trinajstić information content (AvgIpc) is 2.85. The zero-order valence-electron chi connectivity index (χ0n) is 19.4. The third-order valence-corrected chi connectivity index (χ3v) is 5.71. The van der Waals surface area contributed by atoms with E-state index >= 15 is 0 Å². The van der Waals surface area contributed by atoms with Gasteiger partial charge in [0.25, 0.3) is 0 Å². The molecule has 0 fully saturated rings. The zero-order chi connectivity index (χ0) is 26.9. The van der Waals surface area contributed by atoms with Crippen molar-refractivity contribution in [3.05, 3.63) is 89.5 Å². The monoisotopic (exact) mass is 529 g/mol. The van der Waals surface area contributed by atoms with Gasteiger partial charge in [0.2, 0.25) is 5.91 Å². The maximum atomic E-state index is 14.4. The van der Waals surface area contributed by atoms with Crippen molar-refractivity contribution in [3.8, 4) is 16.9 Å². The molecule has 1 amide bonds. The lowest BCUT2D eigenvalue weighted by Gasteiger charge is -2.14. The highest BCUT2D eigenvalue weighted by Crippen LogP contribution is 2.30. The Morgan fingerprint density at radius 1 is 1.00 bits per heavy atom. The van der Waals surface area contributed by atoms with E-state index in [9.17, 15) is 33.1 Å². The molecule has 2 N–H and O–H groups in total. The molecule has 0 saturated heterocycles. The fourth-order valence-electron chi connectivity index (χ4n) is 3.16. The molecule has 3 aromatic rings. The number of hydrogen-bond acceptors (Lipinski definition) is 7. The van der Waals surface area contributed by atoms with Gasteiger partial charge in [0.1, 0.15) is 35.6 Å². The summed E-state index contributed by atoms with van der Waals surface area (Å²) in [7, 11) is 0. The molecule has 0 heterocycles. The standard InChI is InChI=1S/C26H21F2NO7S/c1-15(30)29-22(24(31)32)14-37-26(34)36-23-10-7-17(19-9-8-18(27)12-21(19)28)11-20(23)25(33)35-13-16-5-3-2-4-6-16/h2-12,22H,13-14H2,1H3,(H,29,30)(H,31,32). The van der Waals surface area contributed by atoms with Gasteiger partial charge in [-0.2, -0.15) is 0 Å². The van der Waals surface area contributed by atoms with Crippen molar-refractivity contribution >= 4 is 34.9 Å². The maximum Gasteiger partial charge on any atom is 0.372 e. The van der Waals surface area contributed by atoms with Gasteiger partial charge in [-0.05, 0) is 47.2 Å². The Morgan fingerprint density at radius 2 is 1.73 bits per heavy atom. The molecule has 0 radical (unpaired) electrons. The highest BCUT2D eigenvalue weighted by atomic mass is 32.2. The second-order valence-electron chi connectivity index (χ2n) is 7.65. The SMILES string of the molecule is CC(=O)NC(CSC(=O)Oc1ccc(-c2ccc(F)cc2F)cc1C(=O)OCc1ccccc1)C(=O)O. The van der Waals surface area contributed by atoms with E-state index in [1.165, 1.54) is 24.3 Å². The molecule has 0 aromatic heterocycles. The molecular weight excluding hydrogens is 508 g/mol. The fraction of sp³-hybridized carbons (Fsp3) is 0.154. The summed E-state index contributed by atoms with van der Waals surface area (Å²) in [6, 6.07) is 14.3. The normalized spacial score (nSPS) is 11.3. The molecule has 8 nitrogen and oxygen atoms in total. The van der Waals surface area contributed by atoms with E-state index in [0.29, 0.717) is 23.4 Å².